The molecule has 0 aromatic heterocycles. The number of nitriles is 1. The summed E-state index contributed by atoms with van der Waals surface area (Å²) in [6, 6.07) is 9.68. The van der Waals surface area contributed by atoms with Gasteiger partial charge in [-0.05, 0) is 23.8 Å². The van der Waals surface area contributed by atoms with E-state index in [0.717, 1.165) is 0 Å². The van der Waals surface area contributed by atoms with E-state index in [-0.39, 0.29) is 12.2 Å². The molecule has 0 aliphatic heterocycles. The molecule has 8 heteroatoms. The van der Waals surface area contributed by atoms with E-state index in [1.807, 2.05) is 6.07 Å². The molecule has 2 aromatic rings. The molecule has 1 N–H and O–H groups in total. The number of methoxy groups -OCH3 is 2. The zero-order chi connectivity index (χ0) is 21.4. The first-order chi connectivity index (χ1) is 13.9. The van der Waals surface area contributed by atoms with Crippen LogP contribution in [0.3, 0.4) is 0 Å². The van der Waals surface area contributed by atoms with Crippen LogP contribution in [0.5, 0.6) is 17.2 Å². The van der Waals surface area contributed by atoms with Crippen LogP contribution in [0.4, 0.5) is 5.69 Å². The Morgan fingerprint density at radius 2 is 1.83 bits per heavy atom. The molecule has 0 fully saturated rings. The minimum absolute atomic E-state index is 0.0765. The maximum atomic E-state index is 12.6. The Morgan fingerprint density at radius 3 is 2.41 bits per heavy atom. The second-order valence-electron chi connectivity index (χ2n) is 5.49. The van der Waals surface area contributed by atoms with Gasteiger partial charge in [-0.2, -0.15) is 5.26 Å². The van der Waals surface area contributed by atoms with E-state index in [2.05, 4.69) is 11.2 Å². The van der Waals surface area contributed by atoms with Crippen molar-refractivity contribution in [3.8, 4) is 35.7 Å². The first-order valence-corrected chi connectivity index (χ1v) is 8.89. The van der Waals surface area contributed by atoms with Crippen molar-refractivity contribution in [3.05, 3.63) is 51.5 Å². The summed E-state index contributed by atoms with van der Waals surface area (Å²) in [5, 5.41) is 12.6. The van der Waals surface area contributed by atoms with E-state index in [0.29, 0.717) is 38.5 Å². The Hall–Kier alpha value is -3.32. The fourth-order valence-electron chi connectivity index (χ4n) is 2.31. The summed E-state index contributed by atoms with van der Waals surface area (Å²) in [5.41, 5.74) is 0.695. The number of terminal acetylenes is 1. The van der Waals surface area contributed by atoms with E-state index in [4.69, 9.17) is 43.8 Å². The zero-order valence-electron chi connectivity index (χ0n) is 15.6. The van der Waals surface area contributed by atoms with Gasteiger partial charge in [-0.3, -0.25) is 4.79 Å². The van der Waals surface area contributed by atoms with Crippen molar-refractivity contribution in [2.45, 2.75) is 0 Å². The molecule has 2 aromatic carbocycles. The molecule has 0 unspecified atom stereocenters. The van der Waals surface area contributed by atoms with Gasteiger partial charge in [0.05, 0.1) is 30.0 Å². The highest BCUT2D eigenvalue weighted by Gasteiger charge is 2.16. The van der Waals surface area contributed by atoms with Crippen LogP contribution in [0.25, 0.3) is 6.08 Å². The summed E-state index contributed by atoms with van der Waals surface area (Å²) in [5.74, 6) is 2.77. The molecule has 0 heterocycles. The molecule has 0 aliphatic rings. The van der Waals surface area contributed by atoms with Gasteiger partial charge < -0.3 is 19.5 Å². The van der Waals surface area contributed by atoms with E-state index in [1.54, 1.807) is 18.2 Å². The molecule has 0 bridgehead atoms. The van der Waals surface area contributed by atoms with Gasteiger partial charge in [0.2, 0.25) is 0 Å². The van der Waals surface area contributed by atoms with Gasteiger partial charge >= 0.3 is 0 Å². The van der Waals surface area contributed by atoms with Crippen molar-refractivity contribution in [1.29, 1.82) is 5.26 Å². The number of hydrogen-bond donors (Lipinski definition) is 1. The molecule has 0 radical (unpaired) electrons. The Labute approximate surface area is 178 Å². The first-order valence-electron chi connectivity index (χ1n) is 8.14. The quantitative estimate of drug-likeness (QED) is 0.395. The smallest absolute Gasteiger partial charge is 0.266 e. The van der Waals surface area contributed by atoms with E-state index in [9.17, 15) is 10.1 Å². The van der Waals surface area contributed by atoms with Crippen molar-refractivity contribution in [2.24, 2.45) is 0 Å². The molecule has 148 valence electrons. The summed E-state index contributed by atoms with van der Waals surface area (Å²) in [6.45, 7) is 0.0765. The molecule has 0 saturated carbocycles. The van der Waals surface area contributed by atoms with Crippen molar-refractivity contribution >= 4 is 40.9 Å². The maximum Gasteiger partial charge on any atom is 0.266 e. The lowest BCUT2D eigenvalue weighted by atomic mass is 10.1. The lowest BCUT2D eigenvalue weighted by Gasteiger charge is -2.13. The molecule has 2 rings (SSSR count). The molecular weight excluding hydrogens is 415 g/mol. The molecule has 0 aliphatic carbocycles. The largest absolute Gasteiger partial charge is 0.495 e. The predicted molar refractivity (Wildman–Crippen MR) is 113 cm³/mol. The summed E-state index contributed by atoms with van der Waals surface area (Å²) >= 11 is 12.2. The Morgan fingerprint density at radius 1 is 1.14 bits per heavy atom. The third-order valence-corrected chi connectivity index (χ3v) is 4.26. The number of benzene rings is 2. The Balaban J connectivity index is 2.29. The van der Waals surface area contributed by atoms with Crippen molar-refractivity contribution in [3.63, 3.8) is 0 Å². The number of carbonyl (C=O) groups is 1. The lowest BCUT2D eigenvalue weighted by Crippen LogP contribution is -2.14. The molecule has 6 nitrogen and oxygen atoms in total. The minimum Gasteiger partial charge on any atom is -0.495 e. The number of halogens is 2. The number of amides is 1. The number of rotatable bonds is 7. The number of carbonyl (C=O) groups excluding carboxylic acids is 1. The Kier molecular flexibility index (Phi) is 7.79. The van der Waals surface area contributed by atoms with Crippen LogP contribution < -0.4 is 19.5 Å². The number of hydrogen-bond acceptors (Lipinski definition) is 5. The molecule has 0 atom stereocenters. The van der Waals surface area contributed by atoms with Crippen molar-refractivity contribution in [1.82, 2.24) is 0 Å². The van der Waals surface area contributed by atoms with Gasteiger partial charge in [-0.1, -0.05) is 35.2 Å². The third-order valence-electron chi connectivity index (χ3n) is 3.67. The standard InChI is InChI=1S/C21H16Cl2N2O4/c1-4-7-29-18-6-5-13(9-15(18)22)8-14(12-24)21(26)25-17-11-19(27-2)16(23)10-20(17)28-3/h1,5-6,8-11H,7H2,2-3H3,(H,25,26)/b14-8+. The summed E-state index contributed by atoms with van der Waals surface area (Å²) in [7, 11) is 2.88. The fraction of sp³-hybridized carbons (Fsp3) is 0.143. The van der Waals surface area contributed by atoms with Crippen molar-refractivity contribution in [2.75, 3.05) is 26.1 Å². The zero-order valence-corrected chi connectivity index (χ0v) is 17.1. The minimum atomic E-state index is -0.640. The van der Waals surface area contributed by atoms with Gasteiger partial charge in [0.25, 0.3) is 5.91 Å². The van der Waals surface area contributed by atoms with Gasteiger partial charge in [-0.15, -0.1) is 6.42 Å². The molecule has 0 spiro atoms. The monoisotopic (exact) mass is 430 g/mol. The van der Waals surface area contributed by atoms with Crippen LogP contribution in [-0.4, -0.2) is 26.7 Å². The molecule has 0 saturated heterocycles. The second-order valence-corrected chi connectivity index (χ2v) is 6.31. The normalized spacial score (nSPS) is 10.5. The highest BCUT2D eigenvalue weighted by atomic mass is 35.5. The van der Waals surface area contributed by atoms with Gasteiger partial charge in [0.1, 0.15) is 35.5 Å². The summed E-state index contributed by atoms with van der Waals surface area (Å²) in [6.07, 6.45) is 6.55. The molecular formula is C21H16Cl2N2O4. The highest BCUT2D eigenvalue weighted by molar-refractivity contribution is 6.32. The second kappa shape index (κ2) is 10.3. The number of nitrogens with zero attached hydrogens (tertiary/aromatic N) is 1. The fourth-order valence-corrected chi connectivity index (χ4v) is 2.78. The number of anilines is 1. The van der Waals surface area contributed by atoms with Crippen LogP contribution in [0.1, 0.15) is 5.56 Å². The first kappa shape index (κ1) is 22.0. The van der Waals surface area contributed by atoms with E-state index in [1.165, 1.54) is 32.4 Å². The number of nitrogens with one attached hydrogen (secondary N) is 1. The molecule has 1 amide bonds. The van der Waals surface area contributed by atoms with Gasteiger partial charge in [0.15, 0.2) is 0 Å². The third kappa shape index (κ3) is 5.58. The van der Waals surface area contributed by atoms with E-state index < -0.39 is 5.91 Å². The van der Waals surface area contributed by atoms with Crippen LogP contribution in [-0.2, 0) is 4.79 Å². The topological polar surface area (TPSA) is 80.6 Å². The van der Waals surface area contributed by atoms with Crippen LogP contribution in [0, 0.1) is 23.7 Å². The SMILES string of the molecule is C#CCOc1ccc(/C=C(\C#N)C(=O)Nc2cc(OC)c(Cl)cc2OC)cc1Cl. The van der Waals surface area contributed by atoms with Crippen LogP contribution >= 0.6 is 23.2 Å². The highest BCUT2D eigenvalue weighted by Crippen LogP contribution is 2.36. The molecule has 29 heavy (non-hydrogen) atoms. The Bertz CT molecular complexity index is 1040. The van der Waals surface area contributed by atoms with E-state index >= 15 is 0 Å². The average Bonchev–Trinajstić information content (AvgIpc) is 2.72. The predicted octanol–water partition coefficient (Wildman–Crippen LogP) is 4.57. The maximum absolute atomic E-state index is 12.6. The number of ether oxygens (including phenoxy) is 3. The summed E-state index contributed by atoms with van der Waals surface area (Å²) in [4.78, 5) is 12.6. The van der Waals surface area contributed by atoms with Crippen LogP contribution in [0.2, 0.25) is 10.0 Å². The summed E-state index contributed by atoms with van der Waals surface area (Å²) < 4.78 is 15.6. The van der Waals surface area contributed by atoms with Gasteiger partial charge in [-0.25, -0.2) is 0 Å². The van der Waals surface area contributed by atoms with Crippen LogP contribution in [0.15, 0.2) is 35.9 Å². The average molecular weight is 431 g/mol. The van der Waals surface area contributed by atoms with Gasteiger partial charge in [0, 0.05) is 12.1 Å². The van der Waals surface area contributed by atoms with Crippen molar-refractivity contribution < 1.29 is 19.0 Å². The lowest BCUT2D eigenvalue weighted by molar-refractivity contribution is -0.112.